The molecule has 0 aliphatic rings. The van der Waals surface area contributed by atoms with Gasteiger partial charge in [-0.05, 0) is 32.4 Å². The lowest BCUT2D eigenvalue weighted by atomic mass is 10.1. The molecule has 1 heterocycles. The number of imidazole rings is 1. The highest BCUT2D eigenvalue weighted by atomic mass is 19.4. The summed E-state index contributed by atoms with van der Waals surface area (Å²) in [5.41, 5.74) is 6.04. The van der Waals surface area contributed by atoms with Gasteiger partial charge in [0, 0.05) is 6.04 Å². The first kappa shape index (κ1) is 13.7. The average molecular weight is 271 g/mol. The van der Waals surface area contributed by atoms with Gasteiger partial charge in [0.15, 0.2) is 0 Å². The van der Waals surface area contributed by atoms with Crippen molar-refractivity contribution in [3.05, 3.63) is 23.5 Å². The minimum absolute atomic E-state index is 0.116. The third-order valence-electron chi connectivity index (χ3n) is 3.35. The van der Waals surface area contributed by atoms with E-state index < -0.39 is 11.7 Å². The van der Waals surface area contributed by atoms with Crippen molar-refractivity contribution in [3.8, 4) is 0 Å². The number of aryl methyl sites for hydroxylation is 1. The molecule has 2 rings (SSSR count). The van der Waals surface area contributed by atoms with E-state index in [1.807, 2.05) is 18.4 Å². The van der Waals surface area contributed by atoms with Gasteiger partial charge in [0.25, 0.3) is 0 Å². The molecule has 0 fully saturated rings. The minimum atomic E-state index is -4.41. The molecule has 0 saturated heterocycles. The van der Waals surface area contributed by atoms with Crippen LogP contribution in [0.25, 0.3) is 11.0 Å². The van der Waals surface area contributed by atoms with Crippen molar-refractivity contribution in [1.82, 2.24) is 9.55 Å². The Morgan fingerprint density at radius 3 is 2.53 bits per heavy atom. The summed E-state index contributed by atoms with van der Waals surface area (Å²) in [5.74, 6) is 0.676. The maximum Gasteiger partial charge on any atom is 0.416 e. The van der Waals surface area contributed by atoms with Crippen LogP contribution in [0.3, 0.4) is 0 Å². The van der Waals surface area contributed by atoms with Gasteiger partial charge in [0.05, 0.1) is 22.3 Å². The summed E-state index contributed by atoms with van der Waals surface area (Å²) < 4.78 is 40.1. The molecule has 1 aromatic carbocycles. The molecule has 0 aliphatic heterocycles. The molecule has 1 aromatic heterocycles. The molecule has 1 atom stereocenters. The lowest BCUT2D eigenvalue weighted by molar-refractivity contribution is -0.137. The van der Waals surface area contributed by atoms with Gasteiger partial charge >= 0.3 is 6.18 Å². The molecule has 0 aliphatic carbocycles. The molecule has 6 heteroatoms. The second kappa shape index (κ2) is 4.43. The zero-order chi connectivity index (χ0) is 14.4. The number of rotatable bonds is 2. The van der Waals surface area contributed by atoms with Crippen molar-refractivity contribution >= 4 is 16.7 Å². The Bertz CT molecular complexity index is 614. The zero-order valence-corrected chi connectivity index (χ0v) is 11.0. The van der Waals surface area contributed by atoms with E-state index in [9.17, 15) is 13.2 Å². The SMILES string of the molecule is CC[C@@H](C)n1c(C)nc2cc(C(F)(F)F)cc(N)c21. The summed E-state index contributed by atoms with van der Waals surface area (Å²) in [6.45, 7) is 5.78. The lowest BCUT2D eigenvalue weighted by Gasteiger charge is -2.16. The standard InChI is InChI=1S/C13H16F3N3/c1-4-7(2)19-8(3)18-11-6-9(13(14,15)16)5-10(17)12(11)19/h5-7H,4,17H2,1-3H3/t7-/m1/s1. The number of benzene rings is 1. The van der Waals surface area contributed by atoms with Crippen LogP contribution in [0.15, 0.2) is 12.1 Å². The Labute approximate surface area is 109 Å². The van der Waals surface area contributed by atoms with E-state index in [0.717, 1.165) is 18.6 Å². The fraction of sp³-hybridized carbons (Fsp3) is 0.462. The van der Waals surface area contributed by atoms with Gasteiger partial charge in [-0.25, -0.2) is 4.98 Å². The van der Waals surface area contributed by atoms with Crippen molar-refractivity contribution in [2.45, 2.75) is 39.4 Å². The van der Waals surface area contributed by atoms with Gasteiger partial charge in [0.2, 0.25) is 0 Å². The number of anilines is 1. The number of hydrogen-bond acceptors (Lipinski definition) is 2. The third kappa shape index (κ3) is 2.27. The van der Waals surface area contributed by atoms with Gasteiger partial charge < -0.3 is 10.3 Å². The van der Waals surface area contributed by atoms with E-state index in [-0.39, 0.29) is 11.7 Å². The van der Waals surface area contributed by atoms with Crippen LogP contribution < -0.4 is 5.73 Å². The number of nitrogen functional groups attached to an aromatic ring is 1. The predicted molar refractivity (Wildman–Crippen MR) is 68.9 cm³/mol. The monoisotopic (exact) mass is 271 g/mol. The highest BCUT2D eigenvalue weighted by Crippen LogP contribution is 2.35. The summed E-state index contributed by atoms with van der Waals surface area (Å²) in [4.78, 5) is 4.20. The van der Waals surface area contributed by atoms with Crippen molar-refractivity contribution in [2.75, 3.05) is 5.73 Å². The van der Waals surface area contributed by atoms with Gasteiger partial charge in [0.1, 0.15) is 5.82 Å². The maximum absolute atomic E-state index is 12.7. The van der Waals surface area contributed by atoms with Crippen LogP contribution in [0.2, 0.25) is 0 Å². The molecule has 2 aromatic rings. The topological polar surface area (TPSA) is 43.8 Å². The molecule has 0 spiro atoms. The second-order valence-electron chi connectivity index (χ2n) is 4.72. The Balaban J connectivity index is 2.74. The maximum atomic E-state index is 12.7. The number of nitrogens with zero attached hydrogens (tertiary/aromatic N) is 2. The molecule has 19 heavy (non-hydrogen) atoms. The van der Waals surface area contributed by atoms with Crippen LogP contribution in [-0.2, 0) is 6.18 Å². The normalized spacial score (nSPS) is 14.0. The Hall–Kier alpha value is -1.72. The minimum Gasteiger partial charge on any atom is -0.397 e. The quantitative estimate of drug-likeness (QED) is 0.841. The number of hydrogen-bond donors (Lipinski definition) is 1. The lowest BCUT2D eigenvalue weighted by Crippen LogP contribution is -2.09. The first-order chi connectivity index (χ1) is 8.75. The summed E-state index contributed by atoms with van der Waals surface area (Å²) in [6, 6.07) is 2.17. The van der Waals surface area contributed by atoms with Gasteiger partial charge in [-0.1, -0.05) is 6.92 Å². The molecule has 0 bridgehead atoms. The van der Waals surface area contributed by atoms with Crippen LogP contribution in [0.4, 0.5) is 18.9 Å². The smallest absolute Gasteiger partial charge is 0.397 e. The molecule has 0 saturated carbocycles. The number of halogens is 3. The zero-order valence-electron chi connectivity index (χ0n) is 11.0. The average Bonchev–Trinajstić information content (AvgIpc) is 2.63. The van der Waals surface area contributed by atoms with Crippen LogP contribution in [0, 0.1) is 6.92 Å². The fourth-order valence-corrected chi connectivity index (χ4v) is 2.26. The fourth-order valence-electron chi connectivity index (χ4n) is 2.26. The van der Waals surface area contributed by atoms with Gasteiger partial charge in [-0.2, -0.15) is 13.2 Å². The van der Waals surface area contributed by atoms with E-state index in [1.165, 1.54) is 0 Å². The number of alkyl halides is 3. The first-order valence-electron chi connectivity index (χ1n) is 6.11. The number of aromatic nitrogens is 2. The van der Waals surface area contributed by atoms with E-state index in [0.29, 0.717) is 16.9 Å². The van der Waals surface area contributed by atoms with Crippen molar-refractivity contribution in [2.24, 2.45) is 0 Å². The van der Waals surface area contributed by atoms with Gasteiger partial charge in [-0.15, -0.1) is 0 Å². The summed E-state index contributed by atoms with van der Waals surface area (Å²) in [5, 5.41) is 0. The van der Waals surface area contributed by atoms with Crippen molar-refractivity contribution in [3.63, 3.8) is 0 Å². The van der Waals surface area contributed by atoms with E-state index in [1.54, 1.807) is 6.92 Å². The predicted octanol–water partition coefficient (Wildman–Crippen LogP) is 3.92. The highest BCUT2D eigenvalue weighted by Gasteiger charge is 2.32. The molecular formula is C13H16F3N3. The van der Waals surface area contributed by atoms with E-state index in [4.69, 9.17) is 5.73 Å². The molecule has 0 amide bonds. The van der Waals surface area contributed by atoms with Crippen molar-refractivity contribution in [1.29, 1.82) is 0 Å². The Kier molecular flexibility index (Phi) is 3.20. The molecule has 0 radical (unpaired) electrons. The molecule has 2 N–H and O–H groups in total. The molecular weight excluding hydrogens is 255 g/mol. The molecule has 104 valence electrons. The van der Waals surface area contributed by atoms with Crippen LogP contribution in [0.1, 0.15) is 37.7 Å². The largest absolute Gasteiger partial charge is 0.416 e. The van der Waals surface area contributed by atoms with E-state index >= 15 is 0 Å². The molecule has 0 unspecified atom stereocenters. The summed E-state index contributed by atoms with van der Waals surface area (Å²) in [7, 11) is 0. The Morgan fingerprint density at radius 2 is 2.00 bits per heavy atom. The molecule has 3 nitrogen and oxygen atoms in total. The third-order valence-corrected chi connectivity index (χ3v) is 3.35. The number of nitrogens with two attached hydrogens (primary N) is 1. The number of fused-ring (bicyclic) bond motifs is 1. The van der Waals surface area contributed by atoms with Crippen LogP contribution in [-0.4, -0.2) is 9.55 Å². The van der Waals surface area contributed by atoms with Crippen LogP contribution >= 0.6 is 0 Å². The van der Waals surface area contributed by atoms with Crippen molar-refractivity contribution < 1.29 is 13.2 Å². The second-order valence-corrected chi connectivity index (χ2v) is 4.72. The Morgan fingerprint density at radius 1 is 1.37 bits per heavy atom. The van der Waals surface area contributed by atoms with Gasteiger partial charge in [-0.3, -0.25) is 0 Å². The van der Waals surface area contributed by atoms with E-state index in [2.05, 4.69) is 4.98 Å². The summed E-state index contributed by atoms with van der Waals surface area (Å²) in [6.07, 6.45) is -3.55. The van der Waals surface area contributed by atoms with Crippen LogP contribution in [0.5, 0.6) is 0 Å². The highest BCUT2D eigenvalue weighted by molar-refractivity contribution is 5.89. The first-order valence-corrected chi connectivity index (χ1v) is 6.11. The summed E-state index contributed by atoms with van der Waals surface area (Å²) >= 11 is 0.